The highest BCUT2D eigenvalue weighted by Gasteiger charge is 2.19. The monoisotopic (exact) mass is 314 g/mol. The van der Waals surface area contributed by atoms with Crippen LogP contribution in [-0.2, 0) is 0 Å². The second kappa shape index (κ2) is 7.27. The first-order valence-electron chi connectivity index (χ1n) is 8.35. The Morgan fingerprint density at radius 1 is 0.750 bits per heavy atom. The summed E-state index contributed by atoms with van der Waals surface area (Å²) in [6.07, 6.45) is 0.483. The maximum Gasteiger partial charge on any atom is 0.163 e. The van der Waals surface area contributed by atoms with Gasteiger partial charge in [-0.1, -0.05) is 90.0 Å². The number of rotatable bonds is 5. The van der Waals surface area contributed by atoms with Crippen molar-refractivity contribution in [3.05, 3.63) is 107 Å². The van der Waals surface area contributed by atoms with E-state index in [4.69, 9.17) is 0 Å². The quantitative estimate of drug-likeness (QED) is 0.551. The molecule has 0 fully saturated rings. The molecule has 3 aromatic carbocycles. The Morgan fingerprint density at radius 2 is 1.29 bits per heavy atom. The van der Waals surface area contributed by atoms with Gasteiger partial charge in [0, 0.05) is 17.9 Å². The molecule has 0 amide bonds. The van der Waals surface area contributed by atoms with Gasteiger partial charge in [-0.05, 0) is 25.0 Å². The summed E-state index contributed by atoms with van der Waals surface area (Å²) >= 11 is 0. The third-order valence-corrected chi connectivity index (χ3v) is 4.33. The van der Waals surface area contributed by atoms with Crippen LogP contribution in [0.1, 0.15) is 45.0 Å². The van der Waals surface area contributed by atoms with Gasteiger partial charge in [-0.25, -0.2) is 0 Å². The fourth-order valence-corrected chi connectivity index (χ4v) is 3.25. The molecule has 0 unspecified atom stereocenters. The zero-order valence-corrected chi connectivity index (χ0v) is 14.2. The second-order valence-corrected chi connectivity index (χ2v) is 6.38. The van der Waals surface area contributed by atoms with E-state index in [2.05, 4.69) is 44.2 Å². The summed E-state index contributed by atoms with van der Waals surface area (Å²) in [7, 11) is 0. The van der Waals surface area contributed by atoms with Crippen LogP contribution in [0.25, 0.3) is 0 Å². The fourth-order valence-electron chi connectivity index (χ4n) is 3.25. The average Bonchev–Trinajstić information content (AvgIpc) is 2.60. The highest BCUT2D eigenvalue weighted by molar-refractivity contribution is 5.96. The van der Waals surface area contributed by atoms with E-state index in [0.29, 0.717) is 6.42 Å². The second-order valence-electron chi connectivity index (χ2n) is 6.38. The third-order valence-electron chi connectivity index (χ3n) is 4.33. The number of aryl methyl sites for hydroxylation is 2. The number of ketones is 1. The molecule has 0 radical (unpaired) electrons. The van der Waals surface area contributed by atoms with E-state index in [0.717, 1.165) is 5.56 Å². The molecule has 0 aromatic heterocycles. The van der Waals surface area contributed by atoms with Crippen molar-refractivity contribution in [1.82, 2.24) is 0 Å². The van der Waals surface area contributed by atoms with Crippen LogP contribution >= 0.6 is 0 Å². The van der Waals surface area contributed by atoms with Crippen molar-refractivity contribution in [2.45, 2.75) is 26.2 Å². The Labute approximate surface area is 144 Å². The minimum Gasteiger partial charge on any atom is -0.294 e. The molecule has 0 N–H and O–H groups in total. The molecule has 0 aliphatic heterocycles. The van der Waals surface area contributed by atoms with Crippen molar-refractivity contribution in [3.8, 4) is 0 Å². The van der Waals surface area contributed by atoms with E-state index in [1.165, 1.54) is 22.3 Å². The van der Waals surface area contributed by atoms with Crippen LogP contribution in [0.2, 0.25) is 0 Å². The predicted molar refractivity (Wildman–Crippen MR) is 99.6 cm³/mol. The van der Waals surface area contributed by atoms with Crippen molar-refractivity contribution in [2.24, 2.45) is 0 Å². The Bertz CT molecular complexity index is 799. The lowest BCUT2D eigenvalue weighted by molar-refractivity contribution is 0.0977. The zero-order valence-electron chi connectivity index (χ0n) is 14.2. The smallest absolute Gasteiger partial charge is 0.163 e. The van der Waals surface area contributed by atoms with Gasteiger partial charge in [0.25, 0.3) is 0 Å². The van der Waals surface area contributed by atoms with Gasteiger partial charge >= 0.3 is 0 Å². The van der Waals surface area contributed by atoms with Crippen molar-refractivity contribution in [2.75, 3.05) is 0 Å². The molecule has 0 spiro atoms. The van der Waals surface area contributed by atoms with Crippen LogP contribution in [0.3, 0.4) is 0 Å². The van der Waals surface area contributed by atoms with E-state index in [-0.39, 0.29) is 11.7 Å². The minimum atomic E-state index is 0.0810. The normalized spacial score (nSPS) is 11.9. The van der Waals surface area contributed by atoms with Crippen LogP contribution < -0.4 is 0 Å². The Balaban J connectivity index is 1.98. The molecule has 1 heteroatoms. The summed E-state index contributed by atoms with van der Waals surface area (Å²) in [6, 6.07) is 26.4. The maximum absolute atomic E-state index is 12.8. The van der Waals surface area contributed by atoms with E-state index < -0.39 is 0 Å². The third kappa shape index (κ3) is 3.80. The first kappa shape index (κ1) is 16.2. The van der Waals surface area contributed by atoms with Gasteiger partial charge < -0.3 is 0 Å². The van der Waals surface area contributed by atoms with Gasteiger partial charge in [0.2, 0.25) is 0 Å². The SMILES string of the molecule is Cc1cc(C)cc([C@@H](CC(=O)c2ccccc2)c2ccccc2)c1. The molecule has 1 atom stereocenters. The Morgan fingerprint density at radius 3 is 1.88 bits per heavy atom. The molecule has 0 aliphatic carbocycles. The number of benzene rings is 3. The fraction of sp³-hybridized carbons (Fsp3) is 0.174. The van der Waals surface area contributed by atoms with E-state index >= 15 is 0 Å². The van der Waals surface area contributed by atoms with Gasteiger partial charge in [-0.2, -0.15) is 0 Å². The number of carbonyl (C=O) groups is 1. The lowest BCUT2D eigenvalue weighted by Gasteiger charge is -2.19. The molecular formula is C23H22O. The molecule has 120 valence electrons. The first-order valence-corrected chi connectivity index (χ1v) is 8.35. The molecule has 0 heterocycles. The van der Waals surface area contributed by atoms with Crippen molar-refractivity contribution in [1.29, 1.82) is 0 Å². The minimum absolute atomic E-state index is 0.0810. The zero-order chi connectivity index (χ0) is 16.9. The highest BCUT2D eigenvalue weighted by atomic mass is 16.1. The highest BCUT2D eigenvalue weighted by Crippen LogP contribution is 2.30. The summed E-state index contributed by atoms with van der Waals surface area (Å²) < 4.78 is 0. The molecular weight excluding hydrogens is 292 g/mol. The van der Waals surface area contributed by atoms with Crippen molar-refractivity contribution >= 4 is 5.78 Å². The van der Waals surface area contributed by atoms with Gasteiger partial charge in [0.1, 0.15) is 0 Å². The van der Waals surface area contributed by atoms with Gasteiger partial charge in [0.15, 0.2) is 5.78 Å². The summed E-state index contributed by atoms with van der Waals surface area (Å²) in [5.74, 6) is 0.265. The molecule has 24 heavy (non-hydrogen) atoms. The van der Waals surface area contributed by atoms with Crippen LogP contribution in [0.15, 0.2) is 78.9 Å². The summed E-state index contributed by atoms with van der Waals surface area (Å²) in [4.78, 5) is 12.8. The maximum atomic E-state index is 12.8. The summed E-state index contributed by atoms with van der Waals surface area (Å²) in [5, 5.41) is 0. The molecule has 0 saturated carbocycles. The first-order chi connectivity index (χ1) is 11.6. The van der Waals surface area contributed by atoms with Crippen molar-refractivity contribution < 1.29 is 4.79 Å². The summed E-state index contributed by atoms with van der Waals surface area (Å²) in [5.41, 5.74) is 5.65. The number of hydrogen-bond donors (Lipinski definition) is 0. The summed E-state index contributed by atoms with van der Waals surface area (Å²) in [6.45, 7) is 4.22. The van der Waals surface area contributed by atoms with Crippen molar-refractivity contribution in [3.63, 3.8) is 0 Å². The van der Waals surface area contributed by atoms with Crippen LogP contribution in [0.4, 0.5) is 0 Å². The lowest BCUT2D eigenvalue weighted by atomic mass is 9.84. The Hall–Kier alpha value is -2.67. The molecule has 3 rings (SSSR count). The molecule has 3 aromatic rings. The predicted octanol–water partition coefficient (Wildman–Crippen LogP) is 5.71. The van der Waals surface area contributed by atoms with Crippen LogP contribution in [-0.4, -0.2) is 5.78 Å². The average molecular weight is 314 g/mol. The van der Waals surface area contributed by atoms with E-state index in [9.17, 15) is 4.79 Å². The molecule has 0 bridgehead atoms. The number of carbonyl (C=O) groups excluding carboxylic acids is 1. The van der Waals surface area contributed by atoms with Gasteiger partial charge in [-0.3, -0.25) is 4.79 Å². The molecule has 1 nitrogen and oxygen atoms in total. The Kier molecular flexibility index (Phi) is 4.90. The number of Topliss-reactive ketones (excluding diaryl/α,β-unsaturated/α-hetero) is 1. The molecule has 0 aliphatic rings. The molecule has 0 saturated heterocycles. The number of hydrogen-bond acceptors (Lipinski definition) is 1. The van der Waals surface area contributed by atoms with Crippen LogP contribution in [0.5, 0.6) is 0 Å². The standard InChI is InChI=1S/C23H22O/c1-17-13-18(2)15-21(14-17)22(19-9-5-3-6-10-19)16-23(24)20-11-7-4-8-12-20/h3-15,22H,16H2,1-2H3/t22-/m0/s1. The topological polar surface area (TPSA) is 17.1 Å². The van der Waals surface area contributed by atoms with Gasteiger partial charge in [-0.15, -0.1) is 0 Å². The van der Waals surface area contributed by atoms with Gasteiger partial charge in [0.05, 0.1) is 0 Å². The largest absolute Gasteiger partial charge is 0.294 e. The van der Waals surface area contributed by atoms with Crippen LogP contribution in [0, 0.1) is 13.8 Å². The van der Waals surface area contributed by atoms with E-state index in [1.807, 2.05) is 48.5 Å². The lowest BCUT2D eigenvalue weighted by Crippen LogP contribution is -2.09. The van der Waals surface area contributed by atoms with E-state index in [1.54, 1.807) is 0 Å².